The van der Waals surface area contributed by atoms with Gasteiger partial charge in [0.1, 0.15) is 23.4 Å². The Hall–Kier alpha value is -3.07. The lowest BCUT2D eigenvalue weighted by molar-refractivity contribution is -0.132. The maximum absolute atomic E-state index is 12.5. The number of carbonyl (C=O) groups is 1. The minimum Gasteiger partial charge on any atom is -0.438 e. The molecule has 1 amide bonds. The van der Waals surface area contributed by atoms with E-state index in [9.17, 15) is 4.79 Å². The maximum atomic E-state index is 12.5. The minimum absolute atomic E-state index is 0.209. The van der Waals surface area contributed by atoms with Crippen LogP contribution < -0.4 is 10.5 Å². The van der Waals surface area contributed by atoms with Gasteiger partial charge in [0.25, 0.3) is 0 Å². The Morgan fingerprint density at radius 1 is 1.37 bits per heavy atom. The predicted molar refractivity (Wildman–Crippen MR) is 101 cm³/mol. The Kier molecular flexibility index (Phi) is 5.92. The number of amides is 1. The molecule has 0 saturated carbocycles. The summed E-state index contributed by atoms with van der Waals surface area (Å²) in [6.07, 6.45) is 1.92. The monoisotopic (exact) mass is 379 g/mol. The predicted octanol–water partition coefficient (Wildman–Crippen LogP) is 2.04. The average molecular weight is 379 g/mol. The molecule has 0 aliphatic carbocycles. The summed E-state index contributed by atoms with van der Waals surface area (Å²) in [5, 5.41) is 18.2. The molecule has 1 aromatic carbocycles. The summed E-state index contributed by atoms with van der Waals surface area (Å²) < 4.78 is 5.64. The van der Waals surface area contributed by atoms with Crippen molar-refractivity contribution in [1.82, 2.24) is 9.88 Å². The molecule has 8 heteroatoms. The summed E-state index contributed by atoms with van der Waals surface area (Å²) in [6, 6.07) is 13.5. The van der Waals surface area contributed by atoms with E-state index in [4.69, 9.17) is 21.0 Å². The van der Waals surface area contributed by atoms with E-state index in [0.29, 0.717) is 29.4 Å². The van der Waals surface area contributed by atoms with Gasteiger partial charge in [0.05, 0.1) is 18.0 Å². The third-order valence-electron chi connectivity index (χ3n) is 4.12. The fourth-order valence-corrected chi connectivity index (χ4v) is 3.77. The summed E-state index contributed by atoms with van der Waals surface area (Å²) in [6.45, 7) is 0. The Balaban J connectivity index is 1.63. The fourth-order valence-electron chi connectivity index (χ4n) is 2.68. The highest BCUT2D eigenvalue weighted by Crippen LogP contribution is 2.24. The minimum atomic E-state index is -0.702. The Morgan fingerprint density at radius 3 is 2.85 bits per heavy atom. The van der Waals surface area contributed by atoms with Crippen LogP contribution in [0.15, 0.2) is 42.6 Å². The van der Waals surface area contributed by atoms with Gasteiger partial charge in [-0.2, -0.15) is 10.5 Å². The van der Waals surface area contributed by atoms with Crippen LogP contribution in [0.1, 0.15) is 11.1 Å². The van der Waals surface area contributed by atoms with Gasteiger partial charge in [-0.15, -0.1) is 11.8 Å². The molecule has 2 N–H and O–H groups in total. The second-order valence-electron chi connectivity index (χ2n) is 5.98. The zero-order valence-electron chi connectivity index (χ0n) is 14.4. The van der Waals surface area contributed by atoms with Crippen LogP contribution in [-0.4, -0.2) is 39.5 Å². The van der Waals surface area contributed by atoms with Gasteiger partial charge in [0, 0.05) is 11.9 Å². The van der Waals surface area contributed by atoms with Gasteiger partial charge in [-0.1, -0.05) is 12.1 Å². The standard InChI is InChI=1S/C19H17N5O2S/c20-9-14-2-1-7-23-18(14)26-16-5-3-13(4-6-16)8-17(22)19(25)24-12-27-11-15(24)10-21/h1-7,15,17H,8,11-12,22H2. The number of pyridine rings is 1. The maximum Gasteiger partial charge on any atom is 0.241 e. The fraction of sp³-hybridized carbons (Fsp3) is 0.263. The van der Waals surface area contributed by atoms with E-state index in [-0.39, 0.29) is 11.8 Å². The van der Waals surface area contributed by atoms with Gasteiger partial charge in [0.2, 0.25) is 11.8 Å². The van der Waals surface area contributed by atoms with Crippen molar-refractivity contribution < 1.29 is 9.53 Å². The number of rotatable bonds is 5. The number of nitrogens with zero attached hydrogens (tertiary/aromatic N) is 4. The molecule has 0 radical (unpaired) electrons. The molecule has 7 nitrogen and oxygen atoms in total. The van der Waals surface area contributed by atoms with Gasteiger partial charge in [-0.05, 0) is 36.2 Å². The van der Waals surface area contributed by atoms with Gasteiger partial charge >= 0.3 is 0 Å². The number of carbonyl (C=O) groups excluding carboxylic acids is 1. The van der Waals surface area contributed by atoms with E-state index < -0.39 is 12.1 Å². The van der Waals surface area contributed by atoms with Crippen LogP contribution in [-0.2, 0) is 11.2 Å². The van der Waals surface area contributed by atoms with Crippen molar-refractivity contribution in [3.8, 4) is 23.8 Å². The number of benzene rings is 1. The van der Waals surface area contributed by atoms with Crippen molar-refractivity contribution in [3.63, 3.8) is 0 Å². The van der Waals surface area contributed by atoms with Gasteiger partial charge in [0.15, 0.2) is 0 Å². The SMILES string of the molecule is N#Cc1cccnc1Oc1ccc(CC(N)C(=O)N2CSCC2C#N)cc1. The number of nitriles is 2. The van der Waals surface area contributed by atoms with Crippen molar-refractivity contribution >= 4 is 17.7 Å². The molecule has 0 bridgehead atoms. The first kappa shape index (κ1) is 18.7. The van der Waals surface area contributed by atoms with E-state index in [1.807, 2.05) is 18.2 Å². The van der Waals surface area contributed by atoms with Crippen molar-refractivity contribution in [1.29, 1.82) is 10.5 Å². The molecular weight excluding hydrogens is 362 g/mol. The molecule has 3 rings (SSSR count). The molecule has 1 aromatic heterocycles. The number of ether oxygens (including phenoxy) is 1. The van der Waals surface area contributed by atoms with E-state index in [1.54, 1.807) is 42.2 Å². The lowest BCUT2D eigenvalue weighted by Gasteiger charge is -2.22. The third kappa shape index (κ3) is 4.37. The van der Waals surface area contributed by atoms with Crippen LogP contribution in [0.2, 0.25) is 0 Å². The zero-order valence-corrected chi connectivity index (χ0v) is 15.2. The smallest absolute Gasteiger partial charge is 0.241 e. The van der Waals surface area contributed by atoms with Crippen molar-refractivity contribution in [3.05, 3.63) is 53.7 Å². The Morgan fingerprint density at radius 2 is 2.15 bits per heavy atom. The van der Waals surface area contributed by atoms with E-state index in [2.05, 4.69) is 11.1 Å². The summed E-state index contributed by atoms with van der Waals surface area (Å²) >= 11 is 1.55. The highest BCUT2D eigenvalue weighted by Gasteiger charge is 2.32. The highest BCUT2D eigenvalue weighted by atomic mass is 32.2. The number of thioether (sulfide) groups is 1. The van der Waals surface area contributed by atoms with Crippen LogP contribution in [0.3, 0.4) is 0 Å². The molecule has 2 unspecified atom stereocenters. The topological polar surface area (TPSA) is 116 Å². The van der Waals surface area contributed by atoms with E-state index in [0.717, 1.165) is 5.56 Å². The molecule has 1 aliphatic rings. The van der Waals surface area contributed by atoms with Gasteiger partial charge in [-0.3, -0.25) is 4.79 Å². The molecule has 2 heterocycles. The Bertz CT molecular complexity index is 904. The molecule has 2 aromatic rings. The third-order valence-corrected chi connectivity index (χ3v) is 5.13. The number of hydrogen-bond acceptors (Lipinski definition) is 7. The number of hydrogen-bond donors (Lipinski definition) is 1. The highest BCUT2D eigenvalue weighted by molar-refractivity contribution is 7.99. The van der Waals surface area contributed by atoms with Crippen molar-refractivity contribution in [2.24, 2.45) is 5.73 Å². The van der Waals surface area contributed by atoms with Crippen LogP contribution in [0.4, 0.5) is 0 Å². The molecule has 1 aliphatic heterocycles. The van der Waals surface area contributed by atoms with E-state index in [1.165, 1.54) is 4.90 Å². The first-order chi connectivity index (χ1) is 13.1. The average Bonchev–Trinajstić information content (AvgIpc) is 3.18. The molecule has 1 saturated heterocycles. The Labute approximate surface area is 161 Å². The first-order valence-electron chi connectivity index (χ1n) is 8.27. The van der Waals surface area contributed by atoms with Gasteiger partial charge in [-0.25, -0.2) is 4.98 Å². The van der Waals surface area contributed by atoms with Crippen LogP contribution in [0, 0.1) is 22.7 Å². The summed E-state index contributed by atoms with van der Waals surface area (Å²) in [5.41, 5.74) is 7.29. The van der Waals surface area contributed by atoms with Crippen LogP contribution >= 0.6 is 11.8 Å². The van der Waals surface area contributed by atoms with Crippen molar-refractivity contribution in [2.75, 3.05) is 11.6 Å². The second kappa shape index (κ2) is 8.54. The van der Waals surface area contributed by atoms with Crippen LogP contribution in [0.5, 0.6) is 11.6 Å². The molecule has 1 fully saturated rings. The van der Waals surface area contributed by atoms with Crippen molar-refractivity contribution in [2.45, 2.75) is 18.5 Å². The van der Waals surface area contributed by atoms with Gasteiger partial charge < -0.3 is 15.4 Å². The summed E-state index contributed by atoms with van der Waals surface area (Å²) in [5.74, 6) is 1.70. The summed E-state index contributed by atoms with van der Waals surface area (Å²) in [4.78, 5) is 18.1. The summed E-state index contributed by atoms with van der Waals surface area (Å²) in [7, 11) is 0. The lowest BCUT2D eigenvalue weighted by Crippen LogP contribution is -2.47. The first-order valence-corrected chi connectivity index (χ1v) is 9.43. The normalized spacial score (nSPS) is 17.0. The molecular formula is C19H17N5O2S. The number of nitrogens with two attached hydrogens (primary N) is 1. The molecule has 136 valence electrons. The zero-order chi connectivity index (χ0) is 19.2. The quantitative estimate of drug-likeness (QED) is 0.845. The van der Waals surface area contributed by atoms with E-state index >= 15 is 0 Å². The lowest BCUT2D eigenvalue weighted by atomic mass is 10.0. The number of aromatic nitrogens is 1. The second-order valence-corrected chi connectivity index (χ2v) is 6.98. The molecule has 2 atom stereocenters. The van der Waals surface area contributed by atoms with Crippen LogP contribution in [0.25, 0.3) is 0 Å². The largest absolute Gasteiger partial charge is 0.438 e. The molecule has 27 heavy (non-hydrogen) atoms. The molecule has 0 spiro atoms.